The van der Waals surface area contributed by atoms with E-state index >= 15 is 0 Å². The van der Waals surface area contributed by atoms with Gasteiger partial charge in [0.1, 0.15) is 17.2 Å². The Kier molecular flexibility index (Phi) is 5.00. The van der Waals surface area contributed by atoms with Crippen molar-refractivity contribution in [3.8, 4) is 11.3 Å². The highest BCUT2D eigenvalue weighted by atomic mass is 32.1. The lowest BCUT2D eigenvalue weighted by molar-refractivity contribution is 0.100. The Morgan fingerprint density at radius 2 is 2.00 bits per heavy atom. The average Bonchev–Trinajstić information content (AvgIpc) is 3.43. The Labute approximate surface area is 169 Å². The van der Waals surface area contributed by atoms with Crippen LogP contribution in [0.5, 0.6) is 0 Å². The second kappa shape index (κ2) is 7.76. The van der Waals surface area contributed by atoms with Crippen LogP contribution in [0.1, 0.15) is 38.8 Å². The molecule has 0 aliphatic carbocycles. The van der Waals surface area contributed by atoms with Gasteiger partial charge in [-0.25, -0.2) is 9.97 Å². The zero-order chi connectivity index (χ0) is 20.4. The van der Waals surface area contributed by atoms with Gasteiger partial charge >= 0.3 is 0 Å². The zero-order valence-corrected chi connectivity index (χ0v) is 16.4. The molecule has 9 nitrogen and oxygen atoms in total. The number of nitrogens with zero attached hydrogens (tertiary/aromatic N) is 5. The number of hydrogen-bond donors (Lipinski definition) is 1. The summed E-state index contributed by atoms with van der Waals surface area (Å²) >= 11 is 1.35. The first kappa shape index (κ1) is 18.7. The molecule has 1 aromatic carbocycles. The molecule has 0 aliphatic heterocycles. The van der Waals surface area contributed by atoms with E-state index in [2.05, 4.69) is 25.5 Å². The second-order valence-corrected chi connectivity index (χ2v) is 7.12. The van der Waals surface area contributed by atoms with Crippen LogP contribution >= 0.6 is 11.3 Å². The van der Waals surface area contributed by atoms with Crippen molar-refractivity contribution in [1.29, 1.82) is 0 Å². The van der Waals surface area contributed by atoms with E-state index in [-0.39, 0.29) is 17.3 Å². The van der Waals surface area contributed by atoms with Crippen LogP contribution in [-0.4, -0.2) is 36.7 Å². The molecule has 0 saturated heterocycles. The number of nitrogens with one attached hydrogen (secondary N) is 1. The molecule has 1 amide bonds. The zero-order valence-electron chi connectivity index (χ0n) is 15.6. The van der Waals surface area contributed by atoms with Crippen LogP contribution in [0.15, 0.2) is 46.3 Å². The van der Waals surface area contributed by atoms with Gasteiger partial charge in [-0.1, -0.05) is 30.3 Å². The Morgan fingerprint density at radius 1 is 1.21 bits per heavy atom. The van der Waals surface area contributed by atoms with Crippen molar-refractivity contribution in [2.24, 2.45) is 0 Å². The maximum atomic E-state index is 12.7. The van der Waals surface area contributed by atoms with E-state index in [0.29, 0.717) is 28.9 Å². The van der Waals surface area contributed by atoms with Crippen LogP contribution in [0, 0.1) is 6.92 Å². The lowest BCUT2D eigenvalue weighted by atomic mass is 10.1. The molecule has 0 bridgehead atoms. The lowest BCUT2D eigenvalue weighted by Crippen LogP contribution is -2.14. The number of aromatic nitrogens is 5. The van der Waals surface area contributed by atoms with Crippen molar-refractivity contribution in [2.75, 3.05) is 5.32 Å². The first-order valence-electron chi connectivity index (χ1n) is 8.69. The third-order valence-electron chi connectivity index (χ3n) is 3.95. The van der Waals surface area contributed by atoms with Crippen LogP contribution in [0.2, 0.25) is 0 Å². The van der Waals surface area contributed by atoms with Gasteiger partial charge in [0.2, 0.25) is 0 Å². The van der Waals surface area contributed by atoms with Crippen LogP contribution < -0.4 is 5.32 Å². The molecule has 1 N–H and O–H groups in total. The Hall–Kier alpha value is -3.66. The molecule has 146 valence electrons. The topological polar surface area (TPSA) is 116 Å². The van der Waals surface area contributed by atoms with Crippen LogP contribution in [0.4, 0.5) is 5.82 Å². The van der Waals surface area contributed by atoms with Gasteiger partial charge in [-0.05, 0) is 0 Å². The summed E-state index contributed by atoms with van der Waals surface area (Å²) in [7, 11) is 0. The smallest absolute Gasteiger partial charge is 0.279 e. The number of anilines is 1. The first-order chi connectivity index (χ1) is 14.0. The third kappa shape index (κ3) is 4.11. The number of amides is 1. The monoisotopic (exact) mass is 408 g/mol. The summed E-state index contributed by atoms with van der Waals surface area (Å²) in [6.07, 6.45) is 1.44. The summed E-state index contributed by atoms with van der Waals surface area (Å²) in [6.45, 7) is 3.45. The maximum absolute atomic E-state index is 12.7. The van der Waals surface area contributed by atoms with Gasteiger partial charge in [-0.3, -0.25) is 9.59 Å². The first-order valence-corrected chi connectivity index (χ1v) is 9.57. The molecule has 29 heavy (non-hydrogen) atoms. The highest BCUT2D eigenvalue weighted by Gasteiger charge is 2.21. The van der Waals surface area contributed by atoms with Crippen molar-refractivity contribution >= 4 is 28.8 Å². The second-order valence-electron chi connectivity index (χ2n) is 6.17. The van der Waals surface area contributed by atoms with E-state index in [1.165, 1.54) is 29.3 Å². The number of thiazole rings is 1. The van der Waals surface area contributed by atoms with Gasteiger partial charge in [0, 0.05) is 24.8 Å². The fourth-order valence-electron chi connectivity index (χ4n) is 2.64. The number of aryl methyl sites for hydroxylation is 1. The molecule has 0 unspecified atom stereocenters. The molecule has 0 radical (unpaired) electrons. The molecule has 0 aliphatic rings. The quantitative estimate of drug-likeness (QED) is 0.487. The van der Waals surface area contributed by atoms with E-state index in [9.17, 15) is 9.59 Å². The van der Waals surface area contributed by atoms with Gasteiger partial charge in [-0.2, -0.15) is 9.90 Å². The highest BCUT2D eigenvalue weighted by Crippen LogP contribution is 2.25. The number of oxazole rings is 1. The molecular formula is C19H16N6O3S. The molecule has 0 fully saturated rings. The molecule has 10 heteroatoms. The van der Waals surface area contributed by atoms with Crippen molar-refractivity contribution in [1.82, 2.24) is 25.0 Å². The summed E-state index contributed by atoms with van der Waals surface area (Å²) in [5.74, 6) is 0.528. The number of carbonyl (C=O) groups is 2. The third-order valence-corrected chi connectivity index (χ3v) is 4.79. The summed E-state index contributed by atoms with van der Waals surface area (Å²) in [5.41, 5.74) is 1.35. The van der Waals surface area contributed by atoms with Gasteiger partial charge < -0.3 is 9.73 Å². The fourth-order valence-corrected chi connectivity index (χ4v) is 3.45. The van der Waals surface area contributed by atoms with E-state index in [4.69, 9.17) is 4.42 Å². The molecule has 0 saturated carbocycles. The van der Waals surface area contributed by atoms with Gasteiger partial charge in [-0.15, -0.1) is 16.4 Å². The van der Waals surface area contributed by atoms with Crippen molar-refractivity contribution < 1.29 is 14.0 Å². The summed E-state index contributed by atoms with van der Waals surface area (Å²) in [6, 6.07) is 9.28. The predicted octanol–water partition coefficient (Wildman–Crippen LogP) is 3.20. The largest absolute Gasteiger partial charge is 0.440 e. The number of hydrogen-bond acceptors (Lipinski definition) is 8. The van der Waals surface area contributed by atoms with Crippen LogP contribution in [0.25, 0.3) is 11.3 Å². The minimum Gasteiger partial charge on any atom is -0.440 e. The molecule has 4 rings (SSSR count). The van der Waals surface area contributed by atoms with Crippen LogP contribution in [-0.2, 0) is 6.54 Å². The molecule has 0 spiro atoms. The summed E-state index contributed by atoms with van der Waals surface area (Å²) in [5, 5.41) is 13.4. The minimum absolute atomic E-state index is 0.0917. The Morgan fingerprint density at radius 3 is 2.72 bits per heavy atom. The number of rotatable bonds is 6. The summed E-state index contributed by atoms with van der Waals surface area (Å²) in [4.78, 5) is 33.9. The molecule has 3 aromatic heterocycles. The Balaban J connectivity index is 1.49. The van der Waals surface area contributed by atoms with Gasteiger partial charge in [0.05, 0.1) is 6.20 Å². The predicted molar refractivity (Wildman–Crippen MR) is 106 cm³/mol. The normalized spacial score (nSPS) is 10.8. The van der Waals surface area contributed by atoms with Crippen molar-refractivity contribution in [3.63, 3.8) is 0 Å². The number of ketones is 1. The van der Waals surface area contributed by atoms with Crippen molar-refractivity contribution in [3.05, 3.63) is 64.2 Å². The number of carbonyl (C=O) groups excluding carboxylic acids is 2. The molecule has 4 aromatic rings. The van der Waals surface area contributed by atoms with Gasteiger partial charge in [0.15, 0.2) is 28.9 Å². The SMILES string of the molecule is CC(=O)c1csc(Cn2ncc(NC(=O)c3nc(C)oc3-c3ccccc3)n2)n1. The minimum atomic E-state index is -0.444. The molecule has 0 atom stereocenters. The van der Waals surface area contributed by atoms with E-state index in [1.54, 1.807) is 12.3 Å². The summed E-state index contributed by atoms with van der Waals surface area (Å²) < 4.78 is 5.62. The molecule has 3 heterocycles. The highest BCUT2D eigenvalue weighted by molar-refractivity contribution is 7.09. The lowest BCUT2D eigenvalue weighted by Gasteiger charge is -2.01. The van der Waals surface area contributed by atoms with E-state index < -0.39 is 5.91 Å². The van der Waals surface area contributed by atoms with Crippen LogP contribution in [0.3, 0.4) is 0 Å². The van der Waals surface area contributed by atoms with Gasteiger partial charge in [0.25, 0.3) is 5.91 Å². The maximum Gasteiger partial charge on any atom is 0.279 e. The molecular weight excluding hydrogens is 392 g/mol. The van der Waals surface area contributed by atoms with Crippen molar-refractivity contribution in [2.45, 2.75) is 20.4 Å². The standard InChI is InChI=1S/C19H16N6O3S/c1-11(26)14-10-29-16(22-14)9-25-20-8-15(24-25)23-19(27)17-18(28-12(2)21-17)13-6-4-3-5-7-13/h3-8,10H,9H2,1-2H3,(H,23,24,27). The van der Waals surface area contributed by atoms with E-state index in [0.717, 1.165) is 5.56 Å². The average molecular weight is 408 g/mol. The Bertz CT molecular complexity index is 1180. The van der Waals surface area contributed by atoms with E-state index in [1.807, 2.05) is 30.3 Å². The fraction of sp³-hybridized carbons (Fsp3) is 0.158. The number of benzene rings is 1. The number of Topliss-reactive ketones (excluding diaryl/α,β-unsaturated/α-hetero) is 1.